The van der Waals surface area contributed by atoms with Gasteiger partial charge in [0.25, 0.3) is 0 Å². The van der Waals surface area contributed by atoms with Crippen molar-refractivity contribution in [2.24, 2.45) is 0 Å². The zero-order chi connectivity index (χ0) is 20.6. The van der Waals surface area contributed by atoms with Crippen molar-refractivity contribution in [3.63, 3.8) is 0 Å². The maximum atomic E-state index is 15.4. The van der Waals surface area contributed by atoms with Gasteiger partial charge in [-0.05, 0) is 30.9 Å². The third kappa shape index (κ3) is 3.72. The molecule has 2 N–H and O–H groups in total. The van der Waals surface area contributed by atoms with Crippen molar-refractivity contribution in [1.29, 1.82) is 0 Å². The second-order valence-corrected chi connectivity index (χ2v) is 6.76. The molecule has 29 heavy (non-hydrogen) atoms. The molecule has 1 aliphatic rings. The van der Waals surface area contributed by atoms with Crippen molar-refractivity contribution in [3.05, 3.63) is 59.8 Å². The summed E-state index contributed by atoms with van der Waals surface area (Å²) in [4.78, 5) is 11.5. The molecule has 0 unspecified atom stereocenters. The molecule has 5 nitrogen and oxygen atoms in total. The minimum absolute atomic E-state index is 0.0458. The van der Waals surface area contributed by atoms with Gasteiger partial charge in [0.1, 0.15) is 5.82 Å². The van der Waals surface area contributed by atoms with E-state index >= 15 is 4.39 Å². The molecular formula is C20H16F4N4O. The Bertz CT molecular complexity index is 1040. The minimum atomic E-state index is -4.70. The van der Waals surface area contributed by atoms with Crippen molar-refractivity contribution in [2.75, 3.05) is 5.73 Å². The molecule has 0 bridgehead atoms. The van der Waals surface area contributed by atoms with Crippen molar-refractivity contribution in [1.82, 2.24) is 15.0 Å². The summed E-state index contributed by atoms with van der Waals surface area (Å²) in [6, 6.07) is 5.44. The molecule has 0 spiro atoms. The van der Waals surface area contributed by atoms with Gasteiger partial charge in [-0.2, -0.15) is 13.2 Å². The van der Waals surface area contributed by atoms with Gasteiger partial charge in [-0.25, -0.2) is 19.3 Å². The first-order valence-electron chi connectivity index (χ1n) is 8.95. The summed E-state index contributed by atoms with van der Waals surface area (Å²) in [6.07, 6.45) is 2.09. The summed E-state index contributed by atoms with van der Waals surface area (Å²) >= 11 is 0. The van der Waals surface area contributed by atoms with E-state index in [0.29, 0.717) is 5.56 Å². The van der Waals surface area contributed by atoms with Gasteiger partial charge in [-0.3, -0.25) is 0 Å². The molecule has 4 rings (SSSR count). The van der Waals surface area contributed by atoms with Gasteiger partial charge in [-0.1, -0.05) is 18.6 Å². The molecule has 150 valence electrons. The maximum absolute atomic E-state index is 15.4. The van der Waals surface area contributed by atoms with Gasteiger partial charge in [0.05, 0.1) is 5.56 Å². The highest BCUT2D eigenvalue weighted by atomic mass is 19.4. The molecule has 0 aliphatic heterocycles. The molecular weight excluding hydrogens is 388 g/mol. The Balaban J connectivity index is 1.82. The molecule has 0 saturated heterocycles. The van der Waals surface area contributed by atoms with Crippen LogP contribution in [0.4, 0.5) is 23.4 Å². The third-order valence-electron chi connectivity index (χ3n) is 4.94. The Labute approximate surface area is 163 Å². The van der Waals surface area contributed by atoms with Crippen molar-refractivity contribution in [2.45, 2.75) is 31.4 Å². The SMILES string of the molecule is Nc1ncc(-c2ccc(C3CCC3)c(Oc3ncccn3)c2F)cc1C(F)(F)F. The lowest BCUT2D eigenvalue weighted by atomic mass is 9.79. The van der Waals surface area contributed by atoms with E-state index in [1.807, 2.05) is 0 Å². The first-order chi connectivity index (χ1) is 13.8. The maximum Gasteiger partial charge on any atom is 0.419 e. The number of ether oxygens (including phenoxy) is 1. The van der Waals surface area contributed by atoms with Crippen LogP contribution in [0.1, 0.15) is 36.3 Å². The molecule has 1 saturated carbocycles. The van der Waals surface area contributed by atoms with E-state index in [2.05, 4.69) is 15.0 Å². The third-order valence-corrected chi connectivity index (χ3v) is 4.94. The second kappa shape index (κ2) is 7.31. The molecule has 1 aliphatic carbocycles. The lowest BCUT2D eigenvalue weighted by Crippen LogP contribution is -2.12. The van der Waals surface area contributed by atoms with Gasteiger partial charge >= 0.3 is 12.2 Å². The average Bonchev–Trinajstić information content (AvgIpc) is 2.64. The number of aromatic nitrogens is 3. The Morgan fingerprint density at radius 2 is 1.79 bits per heavy atom. The highest BCUT2D eigenvalue weighted by Gasteiger charge is 2.34. The standard InChI is InChI=1S/C20H16F4N4O/c21-16-13(12-9-15(20(22,23)24)18(25)28-10-12)5-6-14(11-3-1-4-11)17(16)29-19-26-7-2-8-27-19/h2,5-11H,1,3-4H2,(H2,25,28). The first-order valence-corrected chi connectivity index (χ1v) is 8.95. The van der Waals surface area contributed by atoms with Crippen LogP contribution < -0.4 is 10.5 Å². The van der Waals surface area contributed by atoms with E-state index in [4.69, 9.17) is 10.5 Å². The van der Waals surface area contributed by atoms with E-state index in [9.17, 15) is 13.2 Å². The van der Waals surface area contributed by atoms with E-state index in [0.717, 1.165) is 31.5 Å². The molecule has 0 radical (unpaired) electrons. The molecule has 9 heteroatoms. The van der Waals surface area contributed by atoms with Gasteiger partial charge in [-0.15, -0.1) is 0 Å². The Morgan fingerprint density at radius 1 is 1.07 bits per heavy atom. The molecule has 2 aromatic heterocycles. The number of alkyl halides is 3. The van der Waals surface area contributed by atoms with Crippen LogP contribution in [0.2, 0.25) is 0 Å². The zero-order valence-electron chi connectivity index (χ0n) is 15.1. The number of nitrogen functional groups attached to an aromatic ring is 1. The molecule has 0 atom stereocenters. The quantitative estimate of drug-likeness (QED) is 0.595. The summed E-state index contributed by atoms with van der Waals surface area (Å²) in [5.41, 5.74) is 4.75. The smallest absolute Gasteiger partial charge is 0.419 e. The zero-order valence-corrected chi connectivity index (χ0v) is 15.1. The van der Waals surface area contributed by atoms with Crippen LogP contribution in [0, 0.1) is 5.82 Å². The van der Waals surface area contributed by atoms with Gasteiger partial charge in [0.2, 0.25) is 0 Å². The number of anilines is 1. The molecule has 2 heterocycles. The van der Waals surface area contributed by atoms with Crippen LogP contribution >= 0.6 is 0 Å². The van der Waals surface area contributed by atoms with E-state index in [-0.39, 0.29) is 28.8 Å². The number of benzene rings is 1. The summed E-state index contributed by atoms with van der Waals surface area (Å²) < 4.78 is 60.6. The van der Waals surface area contributed by atoms with E-state index in [1.165, 1.54) is 18.5 Å². The normalized spacial score (nSPS) is 14.5. The Kier molecular flexibility index (Phi) is 4.81. The second-order valence-electron chi connectivity index (χ2n) is 6.76. The fourth-order valence-corrected chi connectivity index (χ4v) is 3.22. The molecule has 0 amide bonds. The summed E-state index contributed by atoms with van der Waals surface area (Å²) in [6.45, 7) is 0. The topological polar surface area (TPSA) is 73.9 Å². The number of hydrogen-bond acceptors (Lipinski definition) is 5. The van der Waals surface area contributed by atoms with Crippen molar-refractivity contribution in [3.8, 4) is 22.9 Å². The van der Waals surface area contributed by atoms with Gasteiger partial charge in [0, 0.05) is 35.3 Å². The lowest BCUT2D eigenvalue weighted by Gasteiger charge is -2.28. The number of nitrogens with zero attached hydrogens (tertiary/aromatic N) is 3. The fourth-order valence-electron chi connectivity index (χ4n) is 3.22. The number of halogens is 4. The fraction of sp³-hybridized carbons (Fsp3) is 0.250. The van der Waals surface area contributed by atoms with Crippen molar-refractivity contribution >= 4 is 5.82 Å². The van der Waals surface area contributed by atoms with Crippen LogP contribution in [0.3, 0.4) is 0 Å². The summed E-state index contributed by atoms with van der Waals surface area (Å²) in [7, 11) is 0. The van der Waals surface area contributed by atoms with E-state index < -0.39 is 23.4 Å². The van der Waals surface area contributed by atoms with Crippen molar-refractivity contribution < 1.29 is 22.3 Å². The number of pyridine rings is 1. The minimum Gasteiger partial charge on any atom is -0.421 e. The van der Waals surface area contributed by atoms with Gasteiger partial charge in [0.15, 0.2) is 11.6 Å². The average molecular weight is 404 g/mol. The Hall–Kier alpha value is -3.23. The van der Waals surface area contributed by atoms with Crippen LogP contribution in [-0.2, 0) is 6.18 Å². The van der Waals surface area contributed by atoms with Crippen LogP contribution in [0.5, 0.6) is 11.8 Å². The molecule has 3 aromatic rings. The van der Waals surface area contributed by atoms with Crippen LogP contribution in [0.25, 0.3) is 11.1 Å². The predicted octanol–water partition coefficient (Wildman–Crippen LogP) is 5.34. The summed E-state index contributed by atoms with van der Waals surface area (Å²) in [5.74, 6) is -1.42. The molecule has 1 fully saturated rings. The highest BCUT2D eigenvalue weighted by Crippen LogP contribution is 2.45. The largest absolute Gasteiger partial charge is 0.421 e. The number of hydrogen-bond donors (Lipinski definition) is 1. The first kappa shape index (κ1) is 19.1. The van der Waals surface area contributed by atoms with Crippen LogP contribution in [0.15, 0.2) is 42.9 Å². The molecule has 1 aromatic carbocycles. The number of nitrogens with two attached hydrogens (primary N) is 1. The predicted molar refractivity (Wildman–Crippen MR) is 97.7 cm³/mol. The van der Waals surface area contributed by atoms with Crippen LogP contribution in [-0.4, -0.2) is 15.0 Å². The lowest BCUT2D eigenvalue weighted by molar-refractivity contribution is -0.137. The highest BCUT2D eigenvalue weighted by molar-refractivity contribution is 5.69. The monoisotopic (exact) mass is 404 g/mol. The van der Waals surface area contributed by atoms with Gasteiger partial charge < -0.3 is 10.5 Å². The van der Waals surface area contributed by atoms with E-state index in [1.54, 1.807) is 12.1 Å². The number of rotatable bonds is 4. The summed E-state index contributed by atoms with van der Waals surface area (Å²) in [5, 5.41) is 0. The Morgan fingerprint density at radius 3 is 2.41 bits per heavy atom.